The maximum absolute atomic E-state index is 13.8. The highest BCUT2D eigenvalue weighted by atomic mass is 19.2. The number of methoxy groups -OCH3 is 1. The molecule has 2 heterocycles. The summed E-state index contributed by atoms with van der Waals surface area (Å²) >= 11 is 0. The Kier molecular flexibility index (Phi) is 8.95. The minimum atomic E-state index is -1.13. The fraction of sp³-hybridized carbons (Fsp3) is 0.214. The molecule has 0 unspecified atom stereocenters. The first-order valence-electron chi connectivity index (χ1n) is 12.1. The lowest BCUT2D eigenvalue weighted by atomic mass is 10.2. The Morgan fingerprint density at radius 2 is 2.02 bits per heavy atom. The molecule has 0 bridgehead atoms. The van der Waals surface area contributed by atoms with Crippen molar-refractivity contribution in [2.75, 3.05) is 37.4 Å². The summed E-state index contributed by atoms with van der Waals surface area (Å²) in [5, 5.41) is 13.0. The smallest absolute Gasteiger partial charge is 0.230 e. The van der Waals surface area contributed by atoms with Gasteiger partial charge >= 0.3 is 0 Å². The van der Waals surface area contributed by atoms with Crippen LogP contribution in [0.5, 0.6) is 11.5 Å². The number of benzene rings is 2. The molecule has 2 aromatic carbocycles. The van der Waals surface area contributed by atoms with Crippen LogP contribution in [-0.4, -0.2) is 57.8 Å². The van der Waals surface area contributed by atoms with Gasteiger partial charge in [0, 0.05) is 35.8 Å². The highest BCUT2D eigenvalue weighted by Gasteiger charge is 2.15. The summed E-state index contributed by atoms with van der Waals surface area (Å²) in [5.74, 6) is 1.59. The minimum absolute atomic E-state index is 0.147. The molecule has 0 spiro atoms. The molecule has 204 valence electrons. The zero-order valence-electron chi connectivity index (χ0n) is 21.5. The van der Waals surface area contributed by atoms with Gasteiger partial charge in [-0.1, -0.05) is 18.4 Å². The third-order valence-corrected chi connectivity index (χ3v) is 5.67. The van der Waals surface area contributed by atoms with Gasteiger partial charge in [0.1, 0.15) is 12.1 Å². The van der Waals surface area contributed by atoms with E-state index in [4.69, 9.17) is 22.3 Å². The van der Waals surface area contributed by atoms with Gasteiger partial charge in [-0.05, 0) is 24.6 Å². The van der Waals surface area contributed by atoms with Gasteiger partial charge in [0.25, 0.3) is 0 Å². The number of fused-ring (bicyclic) bond motifs is 1. The molecule has 0 saturated heterocycles. The van der Waals surface area contributed by atoms with Crippen LogP contribution >= 0.6 is 0 Å². The molecular weight excluding hydrogens is 520 g/mol. The van der Waals surface area contributed by atoms with E-state index in [1.807, 2.05) is 0 Å². The van der Waals surface area contributed by atoms with Crippen molar-refractivity contribution < 1.29 is 23.0 Å². The fourth-order valence-electron chi connectivity index (χ4n) is 3.78. The molecule has 0 atom stereocenters. The van der Waals surface area contributed by atoms with Crippen LogP contribution in [0.15, 0.2) is 42.7 Å². The highest BCUT2D eigenvalue weighted by Crippen LogP contribution is 2.34. The van der Waals surface area contributed by atoms with Gasteiger partial charge in [0.15, 0.2) is 29.0 Å². The van der Waals surface area contributed by atoms with E-state index in [1.54, 1.807) is 23.1 Å². The highest BCUT2D eigenvalue weighted by molar-refractivity contribution is 5.93. The van der Waals surface area contributed by atoms with Gasteiger partial charge < -0.3 is 25.0 Å². The average Bonchev–Trinajstić information content (AvgIpc) is 3.39. The topological polar surface area (TPSA) is 117 Å². The number of carbonyl (C=O) groups is 1. The Bertz CT molecular complexity index is 1590. The number of halogens is 2. The number of anilines is 3. The molecule has 0 aliphatic carbocycles. The summed E-state index contributed by atoms with van der Waals surface area (Å²) in [6, 6.07) is 11.2. The summed E-state index contributed by atoms with van der Waals surface area (Å²) in [6.07, 6.45) is 12.6. The molecule has 4 aromatic rings. The van der Waals surface area contributed by atoms with Crippen molar-refractivity contribution in [1.29, 1.82) is 0 Å². The first-order chi connectivity index (χ1) is 19.4. The van der Waals surface area contributed by atoms with Crippen LogP contribution in [-0.2, 0) is 11.2 Å². The molecule has 0 fully saturated rings. The number of hydrogen-bond donors (Lipinski definition) is 3. The molecule has 2 aromatic heterocycles. The Hall–Kier alpha value is -5.36. The van der Waals surface area contributed by atoms with Crippen LogP contribution < -0.4 is 20.1 Å². The largest absolute Gasteiger partial charge is 0.493 e. The van der Waals surface area contributed by atoms with Crippen molar-refractivity contribution in [2.24, 2.45) is 0 Å². The number of ether oxygens (including phenoxy) is 2. The van der Waals surface area contributed by atoms with E-state index in [-0.39, 0.29) is 12.1 Å². The second-order valence-electron chi connectivity index (χ2n) is 8.43. The van der Waals surface area contributed by atoms with Gasteiger partial charge in [0.2, 0.25) is 5.91 Å². The van der Waals surface area contributed by atoms with Crippen LogP contribution in [0.1, 0.15) is 12.1 Å². The number of nitrogens with one attached hydrogen (secondary N) is 3. The number of terminal acetylenes is 2. The number of carbonyl (C=O) groups excluding carboxylic acids is 1. The molecule has 40 heavy (non-hydrogen) atoms. The predicted molar refractivity (Wildman–Crippen MR) is 146 cm³/mol. The zero-order valence-corrected chi connectivity index (χ0v) is 21.5. The summed E-state index contributed by atoms with van der Waals surface area (Å²) < 4.78 is 38.7. The lowest BCUT2D eigenvalue weighted by Crippen LogP contribution is -2.20. The molecule has 12 heteroatoms. The summed E-state index contributed by atoms with van der Waals surface area (Å²) in [5.41, 5.74) is 0.790. The molecule has 3 N–H and O–H groups in total. The third kappa shape index (κ3) is 6.74. The normalized spacial score (nSPS) is 10.4. The van der Waals surface area contributed by atoms with Crippen LogP contribution in [0.25, 0.3) is 10.9 Å². The molecule has 0 saturated carbocycles. The lowest BCUT2D eigenvalue weighted by Gasteiger charge is -2.16. The van der Waals surface area contributed by atoms with Crippen molar-refractivity contribution in [3.8, 4) is 36.3 Å². The molecule has 0 radical (unpaired) electrons. The van der Waals surface area contributed by atoms with E-state index in [1.165, 1.54) is 25.6 Å². The quantitative estimate of drug-likeness (QED) is 0.140. The monoisotopic (exact) mass is 545 g/mol. The Morgan fingerprint density at radius 3 is 2.80 bits per heavy atom. The molecule has 0 aliphatic rings. The van der Waals surface area contributed by atoms with Gasteiger partial charge in [-0.3, -0.25) is 9.89 Å². The van der Waals surface area contributed by atoms with Crippen molar-refractivity contribution in [1.82, 2.24) is 25.1 Å². The number of aromatic nitrogens is 4. The van der Waals surface area contributed by atoms with Crippen LogP contribution in [0.2, 0.25) is 0 Å². The number of H-pyrrole nitrogens is 1. The van der Waals surface area contributed by atoms with Crippen molar-refractivity contribution in [2.45, 2.75) is 12.8 Å². The summed E-state index contributed by atoms with van der Waals surface area (Å²) in [6.45, 7) is 1.33. The minimum Gasteiger partial charge on any atom is -0.493 e. The maximum Gasteiger partial charge on any atom is 0.230 e. The van der Waals surface area contributed by atoms with E-state index in [0.29, 0.717) is 65.8 Å². The molecule has 4 rings (SSSR count). The Labute approximate surface area is 229 Å². The van der Waals surface area contributed by atoms with Gasteiger partial charge in [-0.15, -0.1) is 6.42 Å². The third-order valence-electron chi connectivity index (χ3n) is 5.67. The number of nitrogens with zero attached hydrogens (tertiary/aromatic N) is 4. The standard InChI is InChI=1S/C28H25F2N7O3/c1-4-10-37(5-2)11-7-12-40-24-16-22-19(15-23(24)39-3)28(32-17-31-22)34-25-13-18(35-36-25)14-26(38)33-21-9-6-8-20(29)27(21)30/h1-2,6,8-9,13,15-17H,7,10-12,14H2,3H3,(H,33,38)(H2,31,32,34,35,36). The van der Waals surface area contributed by atoms with E-state index >= 15 is 0 Å². The average molecular weight is 546 g/mol. The molecule has 0 aliphatic heterocycles. The fourth-order valence-corrected chi connectivity index (χ4v) is 3.78. The van der Waals surface area contributed by atoms with Crippen LogP contribution in [0.3, 0.4) is 0 Å². The van der Waals surface area contributed by atoms with Crippen LogP contribution in [0.4, 0.5) is 26.1 Å². The second-order valence-corrected chi connectivity index (χ2v) is 8.43. The number of amides is 1. The Morgan fingerprint density at radius 1 is 1.18 bits per heavy atom. The Balaban J connectivity index is 1.42. The van der Waals surface area contributed by atoms with E-state index in [0.717, 1.165) is 6.07 Å². The van der Waals surface area contributed by atoms with Crippen molar-refractivity contribution in [3.63, 3.8) is 0 Å². The number of hydrogen-bond acceptors (Lipinski definition) is 8. The second kappa shape index (κ2) is 12.9. The maximum atomic E-state index is 13.8. The molecular formula is C28H25F2N7O3. The summed E-state index contributed by atoms with van der Waals surface area (Å²) in [4.78, 5) is 22.6. The number of rotatable bonds is 12. The molecule has 10 nitrogen and oxygen atoms in total. The van der Waals surface area contributed by atoms with Crippen molar-refractivity contribution in [3.05, 3.63) is 60.1 Å². The first kappa shape index (κ1) is 27.7. The lowest BCUT2D eigenvalue weighted by molar-refractivity contribution is -0.115. The van der Waals surface area contributed by atoms with Crippen molar-refractivity contribution >= 4 is 34.1 Å². The van der Waals surface area contributed by atoms with Gasteiger partial charge in [-0.2, -0.15) is 5.10 Å². The van der Waals surface area contributed by atoms with E-state index in [9.17, 15) is 13.6 Å². The predicted octanol–water partition coefficient (Wildman–Crippen LogP) is 3.86. The zero-order chi connectivity index (χ0) is 28.5. The van der Waals surface area contributed by atoms with Gasteiger partial charge in [0.05, 0.1) is 37.9 Å². The SMILES string of the molecule is C#CCN(C#C)CCCOc1cc2ncnc(Nc3cc(CC(=O)Nc4cccc(F)c4F)[nH]n3)c2cc1OC. The number of aromatic amines is 1. The van der Waals surface area contributed by atoms with Gasteiger partial charge in [-0.25, -0.2) is 18.7 Å². The first-order valence-corrected chi connectivity index (χ1v) is 12.1. The van der Waals surface area contributed by atoms with E-state index < -0.39 is 17.5 Å². The summed E-state index contributed by atoms with van der Waals surface area (Å²) in [7, 11) is 1.53. The van der Waals surface area contributed by atoms with Crippen LogP contribution in [0, 0.1) is 36.4 Å². The van der Waals surface area contributed by atoms with E-state index in [2.05, 4.69) is 42.8 Å². The molecule has 1 amide bonds.